The van der Waals surface area contributed by atoms with Gasteiger partial charge in [0.05, 0.1) is 18.6 Å². The van der Waals surface area contributed by atoms with E-state index in [1.165, 1.54) is 0 Å². The Morgan fingerprint density at radius 1 is 1.53 bits per heavy atom. The number of hydrogen-bond donors (Lipinski definition) is 0. The van der Waals surface area contributed by atoms with E-state index in [1.807, 2.05) is 6.92 Å². The smallest absolute Gasteiger partial charge is 0.435 e. The molecule has 2 bridgehead atoms. The van der Waals surface area contributed by atoms with Crippen LogP contribution in [0.3, 0.4) is 0 Å². The van der Waals surface area contributed by atoms with Crippen molar-refractivity contribution in [2.24, 2.45) is 11.8 Å². The molecular formula is C12H16O5. The van der Waals surface area contributed by atoms with Gasteiger partial charge in [-0.15, -0.1) is 0 Å². The van der Waals surface area contributed by atoms with Gasteiger partial charge in [0.25, 0.3) is 0 Å². The fourth-order valence-electron chi connectivity index (χ4n) is 2.21. The zero-order valence-corrected chi connectivity index (χ0v) is 10.1. The van der Waals surface area contributed by atoms with Crippen LogP contribution in [0, 0.1) is 11.8 Å². The highest BCUT2D eigenvalue weighted by Crippen LogP contribution is 2.42. The maximum atomic E-state index is 12.0. The fourth-order valence-corrected chi connectivity index (χ4v) is 2.21. The van der Waals surface area contributed by atoms with Gasteiger partial charge >= 0.3 is 6.16 Å². The third kappa shape index (κ3) is 1.84. The van der Waals surface area contributed by atoms with Gasteiger partial charge in [0.1, 0.15) is 5.78 Å². The minimum Gasteiger partial charge on any atom is -0.435 e. The lowest BCUT2D eigenvalue weighted by Gasteiger charge is -2.39. The summed E-state index contributed by atoms with van der Waals surface area (Å²) < 4.78 is 15.5. The molecule has 0 aromatic rings. The molecule has 2 aliphatic heterocycles. The van der Waals surface area contributed by atoms with Crippen molar-refractivity contribution < 1.29 is 23.8 Å². The number of ether oxygens (including phenoxy) is 3. The molecule has 4 atom stereocenters. The van der Waals surface area contributed by atoms with E-state index in [4.69, 9.17) is 14.2 Å². The van der Waals surface area contributed by atoms with Gasteiger partial charge in [-0.2, -0.15) is 0 Å². The van der Waals surface area contributed by atoms with E-state index < -0.39 is 17.9 Å². The normalized spacial score (nSPS) is 39.2. The summed E-state index contributed by atoms with van der Waals surface area (Å²) in [5.41, 5.74) is 0. The van der Waals surface area contributed by atoms with Crippen molar-refractivity contribution in [2.45, 2.75) is 32.7 Å². The van der Waals surface area contributed by atoms with E-state index in [9.17, 15) is 9.59 Å². The maximum absolute atomic E-state index is 12.0. The lowest BCUT2D eigenvalue weighted by molar-refractivity contribution is -0.234. The summed E-state index contributed by atoms with van der Waals surface area (Å²) in [6, 6.07) is 0. The van der Waals surface area contributed by atoms with Gasteiger partial charge < -0.3 is 14.2 Å². The van der Waals surface area contributed by atoms with Crippen LogP contribution in [0.5, 0.6) is 0 Å². The number of hydrogen-bond acceptors (Lipinski definition) is 5. The zero-order chi connectivity index (χ0) is 12.6. The topological polar surface area (TPSA) is 61.8 Å². The number of Topliss-reactive ketones (excluding diaryl/α,β-unsaturated/α-hetero) is 1. The Balaban J connectivity index is 2.18. The highest BCUT2D eigenvalue weighted by Gasteiger charge is 2.55. The van der Waals surface area contributed by atoms with Crippen molar-refractivity contribution in [3.05, 3.63) is 12.2 Å². The number of carbonyl (C=O) groups is 2. The van der Waals surface area contributed by atoms with Crippen LogP contribution in [0.1, 0.15) is 20.8 Å². The zero-order valence-electron chi connectivity index (χ0n) is 10.1. The summed E-state index contributed by atoms with van der Waals surface area (Å²) >= 11 is 0. The Hall–Kier alpha value is -1.36. The Bertz CT molecular complexity index is 375. The average Bonchev–Trinajstić information content (AvgIpc) is 2.68. The number of carbonyl (C=O) groups excluding carboxylic acids is 2. The minimum absolute atomic E-state index is 0.0375. The molecule has 0 N–H and O–H groups in total. The molecule has 0 spiro atoms. The molecule has 17 heavy (non-hydrogen) atoms. The Kier molecular flexibility index (Phi) is 2.95. The van der Waals surface area contributed by atoms with Crippen LogP contribution in [-0.4, -0.2) is 30.4 Å². The number of ketones is 1. The molecule has 2 aliphatic rings. The Morgan fingerprint density at radius 3 is 2.88 bits per heavy atom. The van der Waals surface area contributed by atoms with E-state index in [-0.39, 0.29) is 24.4 Å². The molecule has 2 rings (SSSR count). The predicted molar refractivity (Wildman–Crippen MR) is 58.2 cm³/mol. The molecule has 2 heterocycles. The summed E-state index contributed by atoms with van der Waals surface area (Å²) in [7, 11) is 0. The quantitative estimate of drug-likeness (QED) is 0.542. The first-order valence-corrected chi connectivity index (χ1v) is 5.77. The molecule has 0 amide bonds. The lowest BCUT2D eigenvalue weighted by Crippen LogP contribution is -2.52. The monoisotopic (exact) mass is 240 g/mol. The third-order valence-electron chi connectivity index (χ3n) is 3.32. The van der Waals surface area contributed by atoms with Crippen molar-refractivity contribution in [3.8, 4) is 0 Å². The van der Waals surface area contributed by atoms with Gasteiger partial charge in [-0.25, -0.2) is 4.79 Å². The summed E-state index contributed by atoms with van der Waals surface area (Å²) in [4.78, 5) is 23.3. The van der Waals surface area contributed by atoms with Gasteiger partial charge in [0.15, 0.2) is 0 Å². The van der Waals surface area contributed by atoms with Crippen LogP contribution in [0.4, 0.5) is 4.79 Å². The second-order valence-electron chi connectivity index (χ2n) is 4.36. The standard InChI is InChI=1S/C12H16O5/c1-4-15-11(14)17-12-6-5-9(16-12)7(2)10(13)8(12)3/h5-9H,4H2,1-3H3/t7-,8+,9+,12+/m1/s1. The SMILES string of the molecule is CCOC(=O)O[C@]12C=C[C@H](O1)[C@@H](C)C(=O)[C@@H]2C. The van der Waals surface area contributed by atoms with Gasteiger partial charge in [-0.3, -0.25) is 4.79 Å². The first-order valence-electron chi connectivity index (χ1n) is 5.77. The summed E-state index contributed by atoms with van der Waals surface area (Å²) in [5.74, 6) is -1.96. The van der Waals surface area contributed by atoms with Crippen molar-refractivity contribution in [1.29, 1.82) is 0 Å². The van der Waals surface area contributed by atoms with Crippen molar-refractivity contribution >= 4 is 11.9 Å². The first kappa shape index (κ1) is 12.1. The fraction of sp³-hybridized carbons (Fsp3) is 0.667. The summed E-state index contributed by atoms with van der Waals surface area (Å²) in [6.45, 7) is 5.42. The molecule has 0 radical (unpaired) electrons. The minimum atomic E-state index is -1.28. The first-order chi connectivity index (χ1) is 8.00. The molecular weight excluding hydrogens is 224 g/mol. The molecule has 0 unspecified atom stereocenters. The van der Waals surface area contributed by atoms with E-state index in [2.05, 4.69) is 0 Å². The van der Waals surface area contributed by atoms with Crippen molar-refractivity contribution in [1.82, 2.24) is 0 Å². The van der Waals surface area contributed by atoms with E-state index in [1.54, 1.807) is 26.0 Å². The van der Waals surface area contributed by atoms with Crippen LogP contribution in [0.15, 0.2) is 12.2 Å². The van der Waals surface area contributed by atoms with Gasteiger partial charge in [-0.1, -0.05) is 13.0 Å². The predicted octanol–water partition coefficient (Wildman–Crippen LogP) is 1.67. The van der Waals surface area contributed by atoms with E-state index in [0.29, 0.717) is 0 Å². The van der Waals surface area contributed by atoms with Gasteiger partial charge in [0.2, 0.25) is 5.79 Å². The second kappa shape index (κ2) is 4.14. The highest BCUT2D eigenvalue weighted by atomic mass is 16.8. The molecule has 1 saturated heterocycles. The van der Waals surface area contributed by atoms with Crippen LogP contribution < -0.4 is 0 Å². The lowest BCUT2D eigenvalue weighted by atomic mass is 9.86. The molecule has 5 nitrogen and oxygen atoms in total. The molecule has 5 heteroatoms. The molecule has 0 aromatic heterocycles. The van der Waals surface area contributed by atoms with Crippen molar-refractivity contribution in [3.63, 3.8) is 0 Å². The highest BCUT2D eigenvalue weighted by molar-refractivity contribution is 5.86. The van der Waals surface area contributed by atoms with Crippen LogP contribution in [-0.2, 0) is 19.0 Å². The van der Waals surface area contributed by atoms with E-state index in [0.717, 1.165) is 0 Å². The van der Waals surface area contributed by atoms with Crippen LogP contribution >= 0.6 is 0 Å². The average molecular weight is 240 g/mol. The van der Waals surface area contributed by atoms with Crippen LogP contribution in [0.25, 0.3) is 0 Å². The largest absolute Gasteiger partial charge is 0.511 e. The third-order valence-corrected chi connectivity index (χ3v) is 3.32. The molecule has 1 fully saturated rings. The van der Waals surface area contributed by atoms with Crippen molar-refractivity contribution in [2.75, 3.05) is 6.61 Å². The van der Waals surface area contributed by atoms with E-state index >= 15 is 0 Å². The summed E-state index contributed by atoms with van der Waals surface area (Å²) in [5, 5.41) is 0. The second-order valence-corrected chi connectivity index (χ2v) is 4.36. The molecule has 0 aliphatic carbocycles. The summed E-state index contributed by atoms with van der Waals surface area (Å²) in [6.07, 6.45) is 2.28. The maximum Gasteiger partial charge on any atom is 0.511 e. The molecule has 0 saturated carbocycles. The Morgan fingerprint density at radius 2 is 2.24 bits per heavy atom. The molecule has 0 aromatic carbocycles. The molecule has 94 valence electrons. The number of rotatable bonds is 2. The van der Waals surface area contributed by atoms with Crippen LogP contribution in [0.2, 0.25) is 0 Å². The Labute approximate surface area is 99.7 Å². The number of fused-ring (bicyclic) bond motifs is 2. The van der Waals surface area contributed by atoms with Gasteiger partial charge in [-0.05, 0) is 19.9 Å². The van der Waals surface area contributed by atoms with Gasteiger partial charge in [0, 0.05) is 5.92 Å².